The van der Waals surface area contributed by atoms with Crippen molar-refractivity contribution >= 4 is 27.1 Å². The first-order valence-corrected chi connectivity index (χ1v) is 8.63. The van der Waals surface area contributed by atoms with Gasteiger partial charge in [0.1, 0.15) is 0 Å². The van der Waals surface area contributed by atoms with Gasteiger partial charge in [0, 0.05) is 5.92 Å². The molecule has 0 heterocycles. The summed E-state index contributed by atoms with van der Waals surface area (Å²) in [4.78, 5) is 58.2. The average Bonchev–Trinajstić information content (AvgIpc) is 2.09. The van der Waals surface area contributed by atoms with Gasteiger partial charge in [-0.05, 0) is 5.92 Å². The Balaban J connectivity index is 6.10. The molecular formula is C8H16O10P2. The Morgan fingerprint density at radius 1 is 0.800 bits per heavy atom. The van der Waals surface area contributed by atoms with Gasteiger partial charge in [0.2, 0.25) is 0 Å². The van der Waals surface area contributed by atoms with Crippen LogP contribution in [0.4, 0.5) is 0 Å². The molecule has 2 unspecified atom stereocenters. The smallest absolute Gasteiger partial charge is 0.340 e. The fraction of sp³-hybridized carbons (Fsp3) is 0.750. The summed E-state index contributed by atoms with van der Waals surface area (Å²) in [6.07, 6.45) is 0. The van der Waals surface area contributed by atoms with Gasteiger partial charge in [0.25, 0.3) is 0 Å². The number of hydrogen-bond donors (Lipinski definition) is 6. The van der Waals surface area contributed by atoms with Crippen LogP contribution in [0.3, 0.4) is 0 Å². The van der Waals surface area contributed by atoms with Crippen LogP contribution in [0.25, 0.3) is 0 Å². The highest BCUT2D eigenvalue weighted by molar-refractivity contribution is 7.55. The van der Waals surface area contributed by atoms with Gasteiger partial charge < -0.3 is 29.8 Å². The quantitative estimate of drug-likeness (QED) is 0.331. The second-order valence-electron chi connectivity index (χ2n) is 4.57. The predicted molar refractivity (Wildman–Crippen MR) is 65.3 cm³/mol. The van der Waals surface area contributed by atoms with Crippen molar-refractivity contribution in [3.05, 3.63) is 0 Å². The molecule has 0 amide bonds. The zero-order valence-corrected chi connectivity index (χ0v) is 12.3. The van der Waals surface area contributed by atoms with Crippen molar-refractivity contribution < 1.29 is 48.5 Å². The molecule has 0 aromatic heterocycles. The third-order valence-corrected chi connectivity index (χ3v) is 5.31. The van der Waals surface area contributed by atoms with E-state index < -0.39 is 50.3 Å². The van der Waals surface area contributed by atoms with Gasteiger partial charge in [0.05, 0.1) is 0 Å². The van der Waals surface area contributed by atoms with E-state index >= 15 is 0 Å². The van der Waals surface area contributed by atoms with Crippen LogP contribution in [0.15, 0.2) is 0 Å². The first-order valence-electron chi connectivity index (χ1n) is 5.27. The van der Waals surface area contributed by atoms with Gasteiger partial charge in [-0.15, -0.1) is 0 Å². The van der Waals surface area contributed by atoms with E-state index in [1.807, 2.05) is 0 Å². The summed E-state index contributed by atoms with van der Waals surface area (Å²) in [5, 5.41) is 17.8. The molecule has 0 aliphatic rings. The Morgan fingerprint density at radius 2 is 1.05 bits per heavy atom. The van der Waals surface area contributed by atoms with Gasteiger partial charge in [-0.2, -0.15) is 0 Å². The fourth-order valence-electron chi connectivity index (χ4n) is 1.97. The average molecular weight is 334 g/mol. The minimum absolute atomic E-state index is 1.00. The first-order chi connectivity index (χ1) is 8.71. The van der Waals surface area contributed by atoms with Crippen LogP contribution in [0.2, 0.25) is 0 Å². The molecule has 0 aromatic rings. The van der Waals surface area contributed by atoms with E-state index in [1.54, 1.807) is 0 Å². The molecule has 0 rings (SSSR count). The van der Waals surface area contributed by atoms with E-state index in [4.69, 9.17) is 29.8 Å². The maximum Gasteiger partial charge on any atom is 0.340 e. The minimum Gasteiger partial charge on any atom is -0.481 e. The van der Waals surface area contributed by atoms with Gasteiger partial charge in [-0.1, -0.05) is 13.8 Å². The van der Waals surface area contributed by atoms with Gasteiger partial charge in [-0.3, -0.25) is 18.7 Å². The molecule has 0 saturated heterocycles. The monoisotopic (exact) mass is 334 g/mol. The second kappa shape index (κ2) is 6.34. The standard InChI is InChI=1S/C8H16O10P2/c1-3(2)4(5(7(9)10)19(13,14)15)6(8(11)12)20(16,17)18/h3-6H,1-2H3,(H,9,10)(H,11,12)(H2,13,14,15)(H2,16,17,18). The summed E-state index contributed by atoms with van der Waals surface area (Å²) in [6, 6.07) is 0. The second-order valence-corrected chi connectivity index (χ2v) is 8.03. The Hall–Kier alpha value is -0.760. The molecule has 12 heteroatoms. The zero-order chi connectivity index (χ0) is 16.5. The normalized spacial score (nSPS) is 17.6. The highest BCUT2D eigenvalue weighted by Gasteiger charge is 2.54. The Morgan fingerprint density at radius 3 is 1.15 bits per heavy atom. The van der Waals surface area contributed by atoms with Crippen molar-refractivity contribution in [2.24, 2.45) is 11.8 Å². The molecule has 0 aliphatic heterocycles. The van der Waals surface area contributed by atoms with Gasteiger partial charge >= 0.3 is 27.1 Å². The zero-order valence-electron chi connectivity index (χ0n) is 10.5. The van der Waals surface area contributed by atoms with Crippen molar-refractivity contribution in [3.63, 3.8) is 0 Å². The van der Waals surface area contributed by atoms with Crippen LogP contribution in [0, 0.1) is 11.8 Å². The summed E-state index contributed by atoms with van der Waals surface area (Å²) < 4.78 is 22.5. The molecule has 0 radical (unpaired) electrons. The van der Waals surface area contributed by atoms with Gasteiger partial charge in [0.15, 0.2) is 11.3 Å². The number of carboxylic acids is 2. The van der Waals surface area contributed by atoms with E-state index in [2.05, 4.69) is 0 Å². The number of rotatable bonds is 7. The Bertz CT molecular complexity index is 434. The van der Waals surface area contributed by atoms with E-state index in [9.17, 15) is 18.7 Å². The van der Waals surface area contributed by atoms with E-state index in [1.165, 1.54) is 13.8 Å². The van der Waals surface area contributed by atoms with Crippen LogP contribution in [-0.2, 0) is 18.7 Å². The summed E-state index contributed by atoms with van der Waals surface area (Å²) in [5.74, 6) is -6.97. The lowest BCUT2D eigenvalue weighted by molar-refractivity contribution is -0.141. The topological polar surface area (TPSA) is 190 Å². The number of carboxylic acid groups (broad SMARTS) is 2. The first kappa shape index (κ1) is 19.2. The lowest BCUT2D eigenvalue weighted by Gasteiger charge is -2.32. The third kappa shape index (κ3) is 4.66. The van der Waals surface area contributed by atoms with Crippen molar-refractivity contribution in [2.45, 2.75) is 25.2 Å². The van der Waals surface area contributed by atoms with Crippen LogP contribution in [0.5, 0.6) is 0 Å². The van der Waals surface area contributed by atoms with Crippen LogP contribution in [0.1, 0.15) is 13.8 Å². The lowest BCUT2D eigenvalue weighted by atomic mass is 9.88. The van der Waals surface area contributed by atoms with E-state index in [-0.39, 0.29) is 0 Å². The minimum atomic E-state index is -5.31. The summed E-state index contributed by atoms with van der Waals surface area (Å²) >= 11 is 0. The molecular weight excluding hydrogens is 318 g/mol. The predicted octanol–water partition coefficient (Wildman–Crippen LogP) is -0.480. The molecule has 6 N–H and O–H groups in total. The highest BCUT2D eigenvalue weighted by Crippen LogP contribution is 2.55. The van der Waals surface area contributed by atoms with Crippen molar-refractivity contribution in [2.75, 3.05) is 0 Å². The Kier molecular flexibility index (Phi) is 6.10. The van der Waals surface area contributed by atoms with Crippen molar-refractivity contribution in [1.29, 1.82) is 0 Å². The molecule has 0 saturated carbocycles. The Labute approximate surface area is 113 Å². The van der Waals surface area contributed by atoms with Crippen LogP contribution in [-0.4, -0.2) is 53.0 Å². The van der Waals surface area contributed by atoms with Crippen LogP contribution < -0.4 is 0 Å². The molecule has 0 aromatic carbocycles. The number of hydrogen-bond acceptors (Lipinski definition) is 4. The molecule has 0 fully saturated rings. The number of carbonyl (C=O) groups is 2. The van der Waals surface area contributed by atoms with Gasteiger partial charge in [-0.25, -0.2) is 0 Å². The third-order valence-electron chi connectivity index (χ3n) is 2.73. The summed E-state index contributed by atoms with van der Waals surface area (Å²) in [7, 11) is -10.6. The SMILES string of the molecule is CC(C)C(C(C(=O)O)P(=O)(O)O)C(C(=O)O)P(=O)(O)O. The molecule has 10 nitrogen and oxygen atoms in total. The van der Waals surface area contributed by atoms with E-state index in [0.717, 1.165) is 0 Å². The maximum atomic E-state index is 11.2. The molecule has 0 bridgehead atoms. The fourth-order valence-corrected chi connectivity index (χ4v) is 4.61. The lowest BCUT2D eigenvalue weighted by Crippen LogP contribution is -2.44. The maximum absolute atomic E-state index is 11.2. The molecule has 118 valence electrons. The van der Waals surface area contributed by atoms with Crippen LogP contribution >= 0.6 is 15.2 Å². The van der Waals surface area contributed by atoms with Crippen molar-refractivity contribution in [3.8, 4) is 0 Å². The number of aliphatic carboxylic acids is 2. The van der Waals surface area contributed by atoms with E-state index in [0.29, 0.717) is 0 Å². The molecule has 20 heavy (non-hydrogen) atoms. The molecule has 0 aliphatic carbocycles. The molecule has 2 atom stereocenters. The highest BCUT2D eigenvalue weighted by atomic mass is 31.2. The largest absolute Gasteiger partial charge is 0.481 e. The van der Waals surface area contributed by atoms with Crippen molar-refractivity contribution in [1.82, 2.24) is 0 Å². The molecule has 0 spiro atoms. The summed E-state index contributed by atoms with van der Waals surface area (Å²) in [6.45, 7) is 2.45. The summed E-state index contributed by atoms with van der Waals surface area (Å²) in [5.41, 5.74) is -5.03.